The molecule has 1 aliphatic carbocycles. The molecule has 3 amide bonds. The zero-order chi connectivity index (χ0) is 18.2. The summed E-state index contributed by atoms with van der Waals surface area (Å²) < 4.78 is 5.24. The van der Waals surface area contributed by atoms with E-state index >= 15 is 0 Å². The molecule has 0 aromatic heterocycles. The van der Waals surface area contributed by atoms with Crippen molar-refractivity contribution in [2.24, 2.45) is 0 Å². The molecule has 134 valence electrons. The molecule has 2 aliphatic rings. The molecule has 0 bridgehead atoms. The molecule has 25 heavy (non-hydrogen) atoms. The zero-order valence-electron chi connectivity index (χ0n) is 14.6. The second-order valence-electron chi connectivity index (χ2n) is 7.33. The molecule has 1 heterocycles. The first-order valence-electron chi connectivity index (χ1n) is 8.39. The van der Waals surface area contributed by atoms with E-state index in [2.05, 4.69) is 5.32 Å². The molecule has 0 saturated heterocycles. The fourth-order valence-corrected chi connectivity index (χ4v) is 3.05. The first-order chi connectivity index (χ1) is 11.7. The van der Waals surface area contributed by atoms with Crippen molar-refractivity contribution in [1.29, 1.82) is 0 Å². The number of hydroxylamine groups is 2. The van der Waals surface area contributed by atoms with Gasteiger partial charge in [0.2, 0.25) is 0 Å². The number of ether oxygens (including phenoxy) is 1. The van der Waals surface area contributed by atoms with Crippen LogP contribution in [0, 0.1) is 0 Å². The standard InChI is InChI=1S/C18H22N2O5/c1-18(2,3)24-17(23)19-11-8-9-12(10-11)25-20-15(21)13-6-4-5-7-14(13)16(20)22/h4-7,11-12H,8-10H2,1-3H3,(H,19,23)/t11-,12+/m1/s1. The Morgan fingerprint density at radius 3 is 2.28 bits per heavy atom. The predicted octanol–water partition coefficient (Wildman–Crippen LogP) is 2.66. The van der Waals surface area contributed by atoms with Crippen LogP contribution in [-0.4, -0.2) is 40.7 Å². The fourth-order valence-electron chi connectivity index (χ4n) is 3.05. The number of nitrogens with one attached hydrogen (secondary N) is 1. The van der Waals surface area contributed by atoms with Crippen LogP contribution in [0.25, 0.3) is 0 Å². The van der Waals surface area contributed by atoms with E-state index in [0.717, 1.165) is 5.06 Å². The van der Waals surface area contributed by atoms with Crippen molar-refractivity contribution in [3.05, 3.63) is 35.4 Å². The minimum Gasteiger partial charge on any atom is -0.444 e. The van der Waals surface area contributed by atoms with Crippen LogP contribution in [0.1, 0.15) is 60.7 Å². The largest absolute Gasteiger partial charge is 0.444 e. The Morgan fingerprint density at radius 1 is 1.12 bits per heavy atom. The highest BCUT2D eigenvalue weighted by atomic mass is 16.7. The average molecular weight is 346 g/mol. The Labute approximate surface area is 146 Å². The van der Waals surface area contributed by atoms with Crippen molar-refractivity contribution in [2.75, 3.05) is 0 Å². The number of hydrogen-bond donors (Lipinski definition) is 1. The summed E-state index contributed by atoms with van der Waals surface area (Å²) in [6.07, 6.45) is 1.09. The van der Waals surface area contributed by atoms with Gasteiger partial charge < -0.3 is 10.1 Å². The van der Waals surface area contributed by atoms with E-state index in [9.17, 15) is 14.4 Å². The lowest BCUT2D eigenvalue weighted by Gasteiger charge is -2.22. The molecule has 2 atom stereocenters. The van der Waals surface area contributed by atoms with Crippen molar-refractivity contribution in [3.63, 3.8) is 0 Å². The molecular weight excluding hydrogens is 324 g/mol. The maximum absolute atomic E-state index is 12.3. The highest BCUT2D eigenvalue weighted by Crippen LogP contribution is 2.28. The molecule has 0 radical (unpaired) electrons. The van der Waals surface area contributed by atoms with Gasteiger partial charge in [0.05, 0.1) is 17.2 Å². The third kappa shape index (κ3) is 3.82. The Hall–Kier alpha value is -2.41. The minimum atomic E-state index is -0.557. The summed E-state index contributed by atoms with van der Waals surface area (Å²) in [5, 5.41) is 3.64. The van der Waals surface area contributed by atoms with Crippen molar-refractivity contribution < 1.29 is 24.0 Å². The van der Waals surface area contributed by atoms with Crippen LogP contribution in [0.2, 0.25) is 0 Å². The molecule has 0 unspecified atom stereocenters. The predicted molar refractivity (Wildman–Crippen MR) is 88.8 cm³/mol. The molecule has 1 aliphatic heterocycles. The summed E-state index contributed by atoms with van der Waals surface area (Å²) in [6, 6.07) is 6.55. The third-order valence-corrected chi connectivity index (χ3v) is 4.12. The van der Waals surface area contributed by atoms with E-state index in [4.69, 9.17) is 9.57 Å². The number of hydrogen-bond acceptors (Lipinski definition) is 5. The highest BCUT2D eigenvalue weighted by molar-refractivity contribution is 6.20. The van der Waals surface area contributed by atoms with Gasteiger partial charge in [0, 0.05) is 6.04 Å². The van der Waals surface area contributed by atoms with E-state index in [1.807, 2.05) is 0 Å². The normalized spacial score (nSPS) is 22.9. The van der Waals surface area contributed by atoms with Gasteiger partial charge >= 0.3 is 6.09 Å². The number of carbonyl (C=O) groups excluding carboxylic acids is 3. The molecule has 7 nitrogen and oxygen atoms in total. The Balaban J connectivity index is 1.55. The van der Waals surface area contributed by atoms with Crippen LogP contribution in [0.15, 0.2) is 24.3 Å². The topological polar surface area (TPSA) is 84.9 Å². The summed E-state index contributed by atoms with van der Waals surface area (Å²) in [7, 11) is 0. The summed E-state index contributed by atoms with van der Waals surface area (Å²) >= 11 is 0. The number of carbonyl (C=O) groups is 3. The summed E-state index contributed by atoms with van der Waals surface area (Å²) in [4.78, 5) is 42.1. The molecule has 1 saturated carbocycles. The van der Waals surface area contributed by atoms with Crippen LogP contribution in [0.4, 0.5) is 4.79 Å². The maximum atomic E-state index is 12.3. The lowest BCUT2D eigenvalue weighted by molar-refractivity contribution is -0.129. The lowest BCUT2D eigenvalue weighted by atomic mass is 10.1. The average Bonchev–Trinajstić information content (AvgIpc) is 3.05. The van der Waals surface area contributed by atoms with Crippen molar-refractivity contribution in [2.45, 2.75) is 57.8 Å². The van der Waals surface area contributed by atoms with Crippen LogP contribution in [0.5, 0.6) is 0 Å². The van der Waals surface area contributed by atoms with Gasteiger partial charge in [0.15, 0.2) is 0 Å². The monoisotopic (exact) mass is 346 g/mol. The van der Waals surface area contributed by atoms with Crippen molar-refractivity contribution >= 4 is 17.9 Å². The molecular formula is C18H22N2O5. The van der Waals surface area contributed by atoms with Crippen LogP contribution in [-0.2, 0) is 9.57 Å². The number of amides is 3. The van der Waals surface area contributed by atoms with E-state index in [0.29, 0.717) is 30.4 Å². The minimum absolute atomic E-state index is 0.102. The van der Waals surface area contributed by atoms with Crippen LogP contribution >= 0.6 is 0 Å². The number of benzene rings is 1. The molecule has 3 rings (SSSR count). The first kappa shape index (κ1) is 17.4. The van der Waals surface area contributed by atoms with Gasteiger partial charge in [-0.1, -0.05) is 12.1 Å². The Bertz CT molecular complexity index is 675. The maximum Gasteiger partial charge on any atom is 0.407 e. The van der Waals surface area contributed by atoms with Gasteiger partial charge in [-0.25, -0.2) is 4.79 Å². The van der Waals surface area contributed by atoms with E-state index in [1.54, 1.807) is 45.0 Å². The smallest absolute Gasteiger partial charge is 0.407 e. The fraction of sp³-hybridized carbons (Fsp3) is 0.500. The number of fused-ring (bicyclic) bond motifs is 1. The van der Waals surface area contributed by atoms with Crippen molar-refractivity contribution in [1.82, 2.24) is 10.4 Å². The van der Waals surface area contributed by atoms with E-state index < -0.39 is 23.5 Å². The second-order valence-corrected chi connectivity index (χ2v) is 7.33. The summed E-state index contributed by atoms with van der Waals surface area (Å²) in [5.41, 5.74) is 0.154. The van der Waals surface area contributed by atoms with Gasteiger partial charge in [-0.3, -0.25) is 14.4 Å². The van der Waals surface area contributed by atoms with Crippen LogP contribution < -0.4 is 5.32 Å². The molecule has 1 N–H and O–H groups in total. The van der Waals surface area contributed by atoms with Crippen molar-refractivity contribution in [3.8, 4) is 0 Å². The van der Waals surface area contributed by atoms with Gasteiger partial charge in [0.1, 0.15) is 5.60 Å². The molecule has 1 fully saturated rings. The SMILES string of the molecule is CC(C)(C)OC(=O)N[C@@H]1CC[C@H](ON2C(=O)c3ccccc3C2=O)C1. The number of alkyl carbamates (subject to hydrolysis) is 1. The Morgan fingerprint density at radius 2 is 1.72 bits per heavy atom. The third-order valence-electron chi connectivity index (χ3n) is 4.12. The van der Waals surface area contributed by atoms with E-state index in [1.165, 1.54) is 0 Å². The molecule has 7 heteroatoms. The molecule has 1 aromatic carbocycles. The van der Waals surface area contributed by atoms with Gasteiger partial charge in [-0.2, -0.15) is 0 Å². The summed E-state index contributed by atoms with van der Waals surface area (Å²) in [6.45, 7) is 5.40. The first-order valence-corrected chi connectivity index (χ1v) is 8.39. The van der Waals surface area contributed by atoms with Gasteiger partial charge in [-0.05, 0) is 52.2 Å². The lowest BCUT2D eigenvalue weighted by Crippen LogP contribution is -2.39. The van der Waals surface area contributed by atoms with Gasteiger partial charge in [0.25, 0.3) is 11.8 Å². The second kappa shape index (κ2) is 6.48. The quantitative estimate of drug-likeness (QED) is 0.851. The van der Waals surface area contributed by atoms with E-state index in [-0.39, 0.29) is 12.1 Å². The zero-order valence-corrected chi connectivity index (χ0v) is 14.6. The number of imide groups is 1. The number of nitrogens with zero attached hydrogens (tertiary/aromatic N) is 1. The molecule has 0 spiro atoms. The summed E-state index contributed by atoms with van der Waals surface area (Å²) in [5.74, 6) is -0.881. The molecule has 1 aromatic rings. The van der Waals surface area contributed by atoms with Gasteiger partial charge in [-0.15, -0.1) is 5.06 Å². The Kier molecular flexibility index (Phi) is 4.51. The van der Waals surface area contributed by atoms with Crippen LogP contribution in [0.3, 0.4) is 0 Å². The highest BCUT2D eigenvalue weighted by Gasteiger charge is 2.39. The number of rotatable bonds is 3.